The second-order valence-corrected chi connectivity index (χ2v) is 10.3. The first kappa shape index (κ1) is 28.4. The third kappa shape index (κ3) is 6.52. The number of hydrogen-bond acceptors (Lipinski definition) is 5. The van der Waals surface area contributed by atoms with Crippen LogP contribution in [-0.4, -0.2) is 46.6 Å². The van der Waals surface area contributed by atoms with Gasteiger partial charge in [0.25, 0.3) is 0 Å². The summed E-state index contributed by atoms with van der Waals surface area (Å²) in [6.07, 6.45) is -4.63. The Kier molecular flexibility index (Phi) is 8.43. The Bertz CT molecular complexity index is 1120. The van der Waals surface area contributed by atoms with Crippen molar-refractivity contribution in [2.45, 2.75) is 69.9 Å². The molecule has 2 aliphatic rings. The lowest BCUT2D eigenvalue weighted by Gasteiger charge is -2.35. The zero-order valence-electron chi connectivity index (χ0n) is 20.6. The number of nitrogens with zero attached hydrogens (tertiary/aromatic N) is 4. The van der Waals surface area contributed by atoms with Crippen LogP contribution in [0.4, 0.5) is 37.0 Å². The largest absolute Gasteiger partial charge is 0.439 e. The van der Waals surface area contributed by atoms with Crippen molar-refractivity contribution in [1.82, 2.24) is 14.9 Å². The van der Waals surface area contributed by atoms with Crippen molar-refractivity contribution in [1.29, 1.82) is 0 Å². The molecule has 0 unspecified atom stereocenters. The SMILES string of the molecule is CCN(c1ncc(Br)nc1CCN1C[C@@H](c2cc(C(F)(F)F)cc(C(F)(F)F)c2)OC1=O)C1CCCCC1. The molecule has 0 spiro atoms. The van der Waals surface area contributed by atoms with Gasteiger partial charge in [0.1, 0.15) is 10.7 Å². The highest BCUT2D eigenvalue weighted by atomic mass is 79.9. The highest BCUT2D eigenvalue weighted by molar-refractivity contribution is 9.10. The summed E-state index contributed by atoms with van der Waals surface area (Å²) >= 11 is 3.33. The third-order valence-electron chi connectivity index (χ3n) is 6.91. The Labute approximate surface area is 224 Å². The summed E-state index contributed by atoms with van der Waals surface area (Å²) in [6, 6.07) is 1.57. The molecule has 2 aromatic rings. The number of cyclic esters (lactones) is 1. The topological polar surface area (TPSA) is 58.6 Å². The standard InChI is InChI=1S/C25H27BrF6N4O2/c1-2-36(18-6-4-3-5-7-18)22-19(34-21(26)13-33-22)8-9-35-14-20(38-23(35)37)15-10-16(24(27,28)29)12-17(11-15)25(30,31)32/h10-13,18,20H,2-9,14H2,1H3/t20-/m0/s1. The van der Waals surface area contributed by atoms with Crippen LogP contribution in [0.5, 0.6) is 0 Å². The second-order valence-electron chi connectivity index (χ2n) is 9.45. The van der Waals surface area contributed by atoms with Gasteiger partial charge in [0.2, 0.25) is 0 Å². The van der Waals surface area contributed by atoms with Crippen LogP contribution in [0.15, 0.2) is 29.0 Å². The molecule has 1 saturated carbocycles. The fourth-order valence-electron chi connectivity index (χ4n) is 5.05. The minimum Gasteiger partial charge on any atom is -0.439 e. The van der Waals surface area contributed by atoms with Gasteiger partial charge in [0.15, 0.2) is 5.82 Å². The highest BCUT2D eigenvalue weighted by Crippen LogP contribution is 2.39. The number of rotatable bonds is 7. The van der Waals surface area contributed by atoms with E-state index in [1.54, 1.807) is 6.20 Å². The van der Waals surface area contributed by atoms with E-state index in [-0.39, 0.29) is 31.1 Å². The van der Waals surface area contributed by atoms with E-state index in [4.69, 9.17) is 4.74 Å². The van der Waals surface area contributed by atoms with Crippen molar-refractivity contribution in [2.24, 2.45) is 0 Å². The molecule has 208 valence electrons. The van der Waals surface area contributed by atoms with Gasteiger partial charge in [-0.15, -0.1) is 0 Å². The van der Waals surface area contributed by atoms with E-state index < -0.39 is 35.7 Å². The number of halogens is 7. The molecule has 1 atom stereocenters. The van der Waals surface area contributed by atoms with Gasteiger partial charge in [-0.1, -0.05) is 19.3 Å². The predicted molar refractivity (Wildman–Crippen MR) is 131 cm³/mol. The van der Waals surface area contributed by atoms with Crippen LogP contribution in [0.1, 0.15) is 67.5 Å². The van der Waals surface area contributed by atoms with Crippen LogP contribution in [-0.2, 0) is 23.5 Å². The Morgan fingerprint density at radius 1 is 1.05 bits per heavy atom. The maximum absolute atomic E-state index is 13.3. The number of alkyl halides is 6. The van der Waals surface area contributed by atoms with Gasteiger partial charge in [-0.3, -0.25) is 0 Å². The van der Waals surface area contributed by atoms with E-state index in [9.17, 15) is 31.1 Å². The normalized spacial score (nSPS) is 19.1. The molecule has 0 N–H and O–H groups in total. The average Bonchev–Trinajstić information content (AvgIpc) is 3.24. The maximum atomic E-state index is 13.3. The van der Waals surface area contributed by atoms with Gasteiger partial charge in [-0.2, -0.15) is 26.3 Å². The molecule has 6 nitrogen and oxygen atoms in total. The number of amides is 1. The molecule has 1 aliphatic carbocycles. The number of hydrogen-bond donors (Lipinski definition) is 0. The lowest BCUT2D eigenvalue weighted by atomic mass is 9.94. The van der Waals surface area contributed by atoms with E-state index in [1.165, 1.54) is 11.3 Å². The van der Waals surface area contributed by atoms with E-state index in [0.717, 1.165) is 32.2 Å². The quantitative estimate of drug-likeness (QED) is 0.312. The van der Waals surface area contributed by atoms with E-state index in [0.29, 0.717) is 34.3 Å². The molecular weight excluding hydrogens is 582 g/mol. The molecule has 2 heterocycles. The first-order valence-electron chi connectivity index (χ1n) is 12.4. The molecule has 0 bridgehead atoms. The zero-order chi connectivity index (χ0) is 27.7. The molecule has 1 aromatic carbocycles. The molecule has 0 radical (unpaired) electrons. The minimum atomic E-state index is -4.99. The highest BCUT2D eigenvalue weighted by Gasteiger charge is 2.40. The van der Waals surface area contributed by atoms with Crippen LogP contribution in [0, 0.1) is 0 Å². The van der Waals surface area contributed by atoms with Crippen molar-refractivity contribution < 1.29 is 35.9 Å². The van der Waals surface area contributed by atoms with Crippen molar-refractivity contribution >= 4 is 27.8 Å². The van der Waals surface area contributed by atoms with Crippen molar-refractivity contribution in [3.8, 4) is 0 Å². The van der Waals surface area contributed by atoms with Gasteiger partial charge in [-0.25, -0.2) is 14.8 Å². The lowest BCUT2D eigenvalue weighted by molar-refractivity contribution is -0.143. The number of aromatic nitrogens is 2. The Balaban J connectivity index is 1.52. The number of carbonyl (C=O) groups is 1. The average molecular weight is 609 g/mol. The molecule has 4 rings (SSSR count). The van der Waals surface area contributed by atoms with Crippen molar-refractivity contribution in [2.75, 3.05) is 24.5 Å². The Morgan fingerprint density at radius 3 is 2.26 bits per heavy atom. The zero-order valence-corrected chi connectivity index (χ0v) is 22.2. The molecular formula is C25H27BrF6N4O2. The summed E-state index contributed by atoms with van der Waals surface area (Å²) in [5.41, 5.74) is -2.62. The molecule has 1 amide bonds. The van der Waals surface area contributed by atoms with E-state index in [1.807, 2.05) is 6.92 Å². The van der Waals surface area contributed by atoms with Crippen molar-refractivity contribution in [3.05, 3.63) is 51.4 Å². The Hall–Kier alpha value is -2.57. The van der Waals surface area contributed by atoms with Crippen LogP contribution >= 0.6 is 15.9 Å². The fraction of sp³-hybridized carbons (Fsp3) is 0.560. The minimum absolute atomic E-state index is 0.0529. The van der Waals surface area contributed by atoms with Gasteiger partial charge in [-0.05, 0) is 59.5 Å². The number of ether oxygens (including phenoxy) is 1. The van der Waals surface area contributed by atoms with Gasteiger partial charge in [0.05, 0.1) is 29.6 Å². The first-order chi connectivity index (χ1) is 17.9. The summed E-state index contributed by atoms with van der Waals surface area (Å²) in [5, 5.41) is 0. The molecule has 13 heteroatoms. The van der Waals surface area contributed by atoms with E-state index in [2.05, 4.69) is 30.8 Å². The van der Waals surface area contributed by atoms with Gasteiger partial charge < -0.3 is 14.5 Å². The Morgan fingerprint density at radius 2 is 1.68 bits per heavy atom. The van der Waals surface area contributed by atoms with Crippen LogP contribution < -0.4 is 4.90 Å². The van der Waals surface area contributed by atoms with Crippen LogP contribution in [0.25, 0.3) is 0 Å². The van der Waals surface area contributed by atoms with Crippen LogP contribution in [0.3, 0.4) is 0 Å². The molecule has 38 heavy (non-hydrogen) atoms. The third-order valence-corrected chi connectivity index (χ3v) is 7.29. The summed E-state index contributed by atoms with van der Waals surface area (Å²) in [4.78, 5) is 25.2. The predicted octanol–water partition coefficient (Wildman–Crippen LogP) is 7.17. The van der Waals surface area contributed by atoms with E-state index >= 15 is 0 Å². The summed E-state index contributed by atoms with van der Waals surface area (Å²) in [6.45, 7) is 2.68. The monoisotopic (exact) mass is 608 g/mol. The van der Waals surface area contributed by atoms with Gasteiger partial charge >= 0.3 is 18.4 Å². The molecule has 1 saturated heterocycles. The summed E-state index contributed by atoms with van der Waals surface area (Å²) in [5.74, 6) is 0.708. The number of benzene rings is 1. The summed E-state index contributed by atoms with van der Waals surface area (Å²) < 4.78 is 85.4. The number of anilines is 1. The fourth-order valence-corrected chi connectivity index (χ4v) is 5.36. The molecule has 1 aliphatic heterocycles. The molecule has 1 aromatic heterocycles. The number of carbonyl (C=O) groups excluding carboxylic acids is 1. The maximum Gasteiger partial charge on any atom is 0.416 e. The van der Waals surface area contributed by atoms with Crippen molar-refractivity contribution in [3.63, 3.8) is 0 Å². The van der Waals surface area contributed by atoms with Crippen LogP contribution in [0.2, 0.25) is 0 Å². The van der Waals surface area contributed by atoms with Gasteiger partial charge in [0, 0.05) is 25.6 Å². The first-order valence-corrected chi connectivity index (χ1v) is 13.2. The smallest absolute Gasteiger partial charge is 0.416 e. The molecule has 2 fully saturated rings. The lowest BCUT2D eigenvalue weighted by Crippen LogP contribution is -2.38. The second kappa shape index (κ2) is 11.3. The summed E-state index contributed by atoms with van der Waals surface area (Å²) in [7, 11) is 0.